The second-order valence-corrected chi connectivity index (χ2v) is 4.70. The van der Waals surface area contributed by atoms with Crippen LogP contribution in [0.3, 0.4) is 0 Å². The summed E-state index contributed by atoms with van der Waals surface area (Å²) in [6, 6.07) is 8.72. The fourth-order valence-electron chi connectivity index (χ4n) is 1.98. The molecule has 3 aromatic rings. The Labute approximate surface area is 123 Å². The van der Waals surface area contributed by atoms with Crippen LogP contribution in [0.1, 0.15) is 16.2 Å². The summed E-state index contributed by atoms with van der Waals surface area (Å²) in [7, 11) is 0. The molecule has 2 heterocycles. The number of nitrogens with zero attached hydrogens (tertiary/aromatic N) is 2. The number of benzene rings is 1. The van der Waals surface area contributed by atoms with Gasteiger partial charge in [0.2, 0.25) is 0 Å². The lowest BCUT2D eigenvalue weighted by Crippen LogP contribution is -2.24. The van der Waals surface area contributed by atoms with Gasteiger partial charge in [-0.25, -0.2) is 14.9 Å². The van der Waals surface area contributed by atoms with E-state index in [4.69, 9.17) is 11.6 Å². The first-order chi connectivity index (χ1) is 10.1. The maximum absolute atomic E-state index is 12.3. The van der Waals surface area contributed by atoms with Crippen molar-refractivity contribution in [2.24, 2.45) is 0 Å². The Morgan fingerprint density at radius 3 is 2.90 bits per heavy atom. The molecule has 0 aliphatic heterocycles. The molecule has 3 N–H and O–H groups in total. The maximum atomic E-state index is 12.3. The van der Waals surface area contributed by atoms with Crippen molar-refractivity contribution in [2.45, 2.75) is 6.54 Å². The van der Waals surface area contributed by atoms with Crippen LogP contribution in [0.15, 0.2) is 35.1 Å². The zero-order valence-electron chi connectivity index (χ0n) is 10.7. The molecule has 0 atom stereocenters. The molecular weight excluding hydrogens is 294 g/mol. The topological polar surface area (TPSA) is 104 Å². The molecule has 0 unspecified atom stereocenters. The minimum atomic E-state index is -0.420. The summed E-state index contributed by atoms with van der Waals surface area (Å²) in [4.78, 5) is 29.8. The van der Waals surface area contributed by atoms with Crippen LogP contribution in [0.25, 0.3) is 10.9 Å². The smallest absolute Gasteiger partial charge is 0.340 e. The largest absolute Gasteiger partial charge is 0.345 e. The monoisotopic (exact) mass is 303 g/mol. The van der Waals surface area contributed by atoms with Crippen molar-refractivity contribution in [2.75, 3.05) is 0 Å². The molecule has 0 spiro atoms. The van der Waals surface area contributed by atoms with Crippen molar-refractivity contribution in [1.29, 1.82) is 0 Å². The van der Waals surface area contributed by atoms with E-state index < -0.39 is 5.69 Å². The lowest BCUT2D eigenvalue weighted by atomic mass is 10.1. The molecule has 0 fully saturated rings. The number of amides is 1. The Morgan fingerprint density at radius 2 is 2.14 bits per heavy atom. The average molecular weight is 304 g/mol. The minimum absolute atomic E-state index is 0.103. The lowest BCUT2D eigenvalue weighted by molar-refractivity contribution is 0.0951. The van der Waals surface area contributed by atoms with Crippen LogP contribution in [-0.2, 0) is 6.54 Å². The molecule has 0 saturated carbocycles. The molecule has 106 valence electrons. The maximum Gasteiger partial charge on any atom is 0.340 e. The van der Waals surface area contributed by atoms with E-state index in [0.717, 1.165) is 0 Å². The number of rotatable bonds is 3. The molecule has 8 heteroatoms. The Bertz CT molecular complexity index is 870. The zero-order chi connectivity index (χ0) is 14.8. The van der Waals surface area contributed by atoms with Crippen LogP contribution in [0.4, 0.5) is 0 Å². The molecule has 7 nitrogen and oxygen atoms in total. The standard InChI is InChI=1S/C13H10ClN5O2/c14-10-5-8(7-3-1-2-4-9(7)16-10)12(20)15-6-11-17-13(21)19-18-11/h1-5H,6H2,(H,15,20)(H2,17,18,19,21). The highest BCUT2D eigenvalue weighted by Gasteiger charge is 2.12. The molecule has 3 rings (SSSR count). The van der Waals surface area contributed by atoms with Crippen molar-refractivity contribution < 1.29 is 4.79 Å². The number of carbonyl (C=O) groups excluding carboxylic acids is 1. The van der Waals surface area contributed by atoms with Gasteiger partial charge in [-0.1, -0.05) is 29.8 Å². The van der Waals surface area contributed by atoms with Gasteiger partial charge >= 0.3 is 5.69 Å². The summed E-state index contributed by atoms with van der Waals surface area (Å²) in [6.45, 7) is 0.103. The van der Waals surface area contributed by atoms with Crippen LogP contribution in [-0.4, -0.2) is 26.1 Å². The number of fused-ring (bicyclic) bond motifs is 1. The first-order valence-corrected chi connectivity index (χ1v) is 6.48. The third-order valence-corrected chi connectivity index (χ3v) is 3.09. The van der Waals surface area contributed by atoms with E-state index in [9.17, 15) is 9.59 Å². The third-order valence-electron chi connectivity index (χ3n) is 2.90. The fourth-order valence-corrected chi connectivity index (χ4v) is 2.18. The Morgan fingerprint density at radius 1 is 1.33 bits per heavy atom. The van der Waals surface area contributed by atoms with Crippen molar-refractivity contribution in [3.63, 3.8) is 0 Å². The molecule has 21 heavy (non-hydrogen) atoms. The normalized spacial score (nSPS) is 10.7. The van der Waals surface area contributed by atoms with Gasteiger partial charge in [0.1, 0.15) is 11.0 Å². The molecular formula is C13H10ClN5O2. The van der Waals surface area contributed by atoms with Gasteiger partial charge in [0.25, 0.3) is 5.91 Å². The zero-order valence-corrected chi connectivity index (χ0v) is 11.4. The van der Waals surface area contributed by atoms with Gasteiger partial charge in [-0.2, -0.15) is 5.10 Å². The van der Waals surface area contributed by atoms with E-state index in [0.29, 0.717) is 22.3 Å². The molecule has 0 bridgehead atoms. The molecule has 1 aromatic carbocycles. The van der Waals surface area contributed by atoms with Crippen molar-refractivity contribution in [3.8, 4) is 0 Å². The Hall–Kier alpha value is -2.67. The summed E-state index contributed by atoms with van der Waals surface area (Å²) in [5, 5.41) is 9.56. The number of H-pyrrole nitrogens is 2. The van der Waals surface area contributed by atoms with Crippen LogP contribution in [0.5, 0.6) is 0 Å². The molecule has 0 radical (unpaired) electrons. The highest BCUT2D eigenvalue weighted by atomic mass is 35.5. The Kier molecular flexibility index (Phi) is 3.41. The van der Waals surface area contributed by atoms with Crippen molar-refractivity contribution >= 4 is 28.4 Å². The molecule has 0 saturated heterocycles. The van der Waals surface area contributed by atoms with Crippen molar-refractivity contribution in [3.05, 3.63) is 57.4 Å². The van der Waals surface area contributed by atoms with E-state index in [2.05, 4.69) is 25.5 Å². The highest BCUT2D eigenvalue weighted by molar-refractivity contribution is 6.30. The number of carbonyl (C=O) groups is 1. The van der Waals surface area contributed by atoms with E-state index in [1.54, 1.807) is 12.1 Å². The second-order valence-electron chi connectivity index (χ2n) is 4.32. The van der Waals surface area contributed by atoms with Gasteiger partial charge in [-0.3, -0.25) is 9.78 Å². The van der Waals surface area contributed by atoms with Gasteiger partial charge in [-0.05, 0) is 12.1 Å². The fraction of sp³-hybridized carbons (Fsp3) is 0.0769. The van der Waals surface area contributed by atoms with Gasteiger partial charge in [-0.15, -0.1) is 0 Å². The number of hydrogen-bond acceptors (Lipinski definition) is 4. The number of aromatic nitrogens is 4. The van der Waals surface area contributed by atoms with Crippen molar-refractivity contribution in [1.82, 2.24) is 25.5 Å². The quantitative estimate of drug-likeness (QED) is 0.633. The van der Waals surface area contributed by atoms with Gasteiger partial charge in [0.15, 0.2) is 0 Å². The summed E-state index contributed by atoms with van der Waals surface area (Å²) in [5.41, 5.74) is 0.642. The van der Waals surface area contributed by atoms with Crippen LogP contribution in [0, 0.1) is 0 Å². The summed E-state index contributed by atoms with van der Waals surface area (Å²) >= 11 is 5.93. The van der Waals surface area contributed by atoms with Gasteiger partial charge in [0, 0.05) is 5.39 Å². The average Bonchev–Trinajstić information content (AvgIpc) is 2.89. The summed E-state index contributed by atoms with van der Waals surface area (Å²) < 4.78 is 0. The molecule has 0 aliphatic carbocycles. The van der Waals surface area contributed by atoms with Gasteiger partial charge in [0.05, 0.1) is 17.6 Å². The predicted molar refractivity (Wildman–Crippen MR) is 77.1 cm³/mol. The number of aromatic amines is 2. The van der Waals surface area contributed by atoms with E-state index in [1.165, 1.54) is 6.07 Å². The van der Waals surface area contributed by atoms with Crippen LogP contribution < -0.4 is 11.0 Å². The number of para-hydroxylation sites is 1. The second kappa shape index (κ2) is 5.37. The third kappa shape index (κ3) is 2.77. The number of hydrogen-bond donors (Lipinski definition) is 3. The first kappa shape index (κ1) is 13.3. The number of nitrogens with one attached hydrogen (secondary N) is 3. The van der Waals surface area contributed by atoms with Gasteiger partial charge < -0.3 is 5.32 Å². The number of halogens is 1. The SMILES string of the molecule is O=C(NCc1n[nH]c(=O)[nH]1)c1cc(Cl)nc2ccccc12. The Balaban J connectivity index is 1.89. The lowest BCUT2D eigenvalue weighted by Gasteiger charge is -2.07. The summed E-state index contributed by atoms with van der Waals surface area (Å²) in [6.07, 6.45) is 0. The number of pyridine rings is 1. The molecule has 1 amide bonds. The van der Waals surface area contributed by atoms with E-state index in [-0.39, 0.29) is 17.6 Å². The summed E-state index contributed by atoms with van der Waals surface area (Å²) in [5.74, 6) is 0.0251. The van der Waals surface area contributed by atoms with Crippen LogP contribution >= 0.6 is 11.6 Å². The van der Waals surface area contributed by atoms with E-state index in [1.807, 2.05) is 12.1 Å². The highest BCUT2D eigenvalue weighted by Crippen LogP contribution is 2.20. The minimum Gasteiger partial charge on any atom is -0.345 e. The first-order valence-electron chi connectivity index (χ1n) is 6.10. The molecule has 0 aliphatic rings. The van der Waals surface area contributed by atoms with Crippen LogP contribution in [0.2, 0.25) is 5.15 Å². The van der Waals surface area contributed by atoms with E-state index >= 15 is 0 Å². The molecule has 2 aromatic heterocycles. The predicted octanol–water partition coefficient (Wildman–Crippen LogP) is 1.23.